The first-order valence-electron chi connectivity index (χ1n) is 12.2. The normalized spacial score (nSPS) is 17.4. The van der Waals surface area contributed by atoms with Crippen molar-refractivity contribution in [3.8, 4) is 0 Å². The topological polar surface area (TPSA) is 165 Å². The number of sulfonamides is 1. The Hall–Kier alpha value is -4.51. The summed E-state index contributed by atoms with van der Waals surface area (Å²) < 4.78 is 26.2. The lowest BCUT2D eigenvalue weighted by atomic mass is 10.0. The summed E-state index contributed by atoms with van der Waals surface area (Å²) in [4.78, 5) is 49.9. The van der Waals surface area contributed by atoms with Crippen LogP contribution in [0.3, 0.4) is 0 Å². The summed E-state index contributed by atoms with van der Waals surface area (Å²) in [6.45, 7) is 0. The zero-order valence-corrected chi connectivity index (χ0v) is 21.7. The summed E-state index contributed by atoms with van der Waals surface area (Å²) in [7, 11) is -3.79. The Morgan fingerprint density at radius 2 is 1.38 bits per heavy atom. The predicted octanol–water partition coefficient (Wildman–Crippen LogP) is 1.13. The summed E-state index contributed by atoms with van der Waals surface area (Å²) >= 11 is 0. The zero-order valence-electron chi connectivity index (χ0n) is 20.9. The van der Waals surface area contributed by atoms with Crippen molar-refractivity contribution in [2.24, 2.45) is 5.73 Å². The van der Waals surface area contributed by atoms with Gasteiger partial charge in [0.15, 0.2) is 0 Å². The molecule has 1 heterocycles. The van der Waals surface area contributed by atoms with E-state index in [1.807, 2.05) is 35.1 Å². The lowest BCUT2D eigenvalue weighted by Crippen LogP contribution is -2.54. The van der Waals surface area contributed by atoms with Crippen molar-refractivity contribution in [3.63, 3.8) is 0 Å². The maximum atomic E-state index is 13.3. The van der Waals surface area contributed by atoms with Gasteiger partial charge in [0.25, 0.3) is 5.91 Å². The van der Waals surface area contributed by atoms with Crippen molar-refractivity contribution in [1.29, 1.82) is 0 Å². The number of rotatable bonds is 10. The van der Waals surface area contributed by atoms with Crippen LogP contribution in [-0.2, 0) is 37.2 Å². The Morgan fingerprint density at radius 1 is 0.821 bits per heavy atom. The smallest absolute Gasteiger partial charge is 0.251 e. The highest BCUT2D eigenvalue weighted by Gasteiger charge is 2.37. The van der Waals surface area contributed by atoms with Gasteiger partial charge in [-0.15, -0.1) is 0 Å². The summed E-state index contributed by atoms with van der Waals surface area (Å²) in [5, 5.41) is 4.41. The molecule has 3 atom stereocenters. The highest BCUT2D eigenvalue weighted by Crippen LogP contribution is 2.30. The third kappa shape index (κ3) is 7.08. The highest BCUT2D eigenvalue weighted by molar-refractivity contribution is 7.90. The van der Waals surface area contributed by atoms with Crippen LogP contribution in [0.4, 0.5) is 0 Å². The average molecular weight is 549 g/mol. The Balaban J connectivity index is 1.48. The third-order valence-corrected chi connectivity index (χ3v) is 8.09. The molecule has 1 unspecified atom stereocenters. The molecule has 1 aliphatic heterocycles. The zero-order chi connectivity index (χ0) is 28.0. The summed E-state index contributed by atoms with van der Waals surface area (Å²) in [5.74, 6) is -2.35. The van der Waals surface area contributed by atoms with Gasteiger partial charge in [-0.1, -0.05) is 72.8 Å². The molecule has 1 fully saturated rings. The number of hydrogen-bond acceptors (Lipinski definition) is 6. The van der Waals surface area contributed by atoms with E-state index in [2.05, 4.69) is 10.6 Å². The van der Waals surface area contributed by atoms with Gasteiger partial charge >= 0.3 is 0 Å². The van der Waals surface area contributed by atoms with E-state index in [0.717, 1.165) is 5.56 Å². The molecule has 0 saturated carbocycles. The van der Waals surface area contributed by atoms with Crippen LogP contribution in [0.15, 0.2) is 84.9 Å². The van der Waals surface area contributed by atoms with E-state index in [1.165, 1.54) is 0 Å². The molecule has 202 valence electrons. The second-order valence-electron chi connectivity index (χ2n) is 9.25. The molecule has 3 aromatic carbocycles. The van der Waals surface area contributed by atoms with Crippen LogP contribution in [0.1, 0.15) is 38.7 Å². The summed E-state index contributed by atoms with van der Waals surface area (Å²) in [5.41, 5.74) is 7.84. The van der Waals surface area contributed by atoms with Crippen molar-refractivity contribution >= 4 is 33.7 Å². The number of benzene rings is 3. The largest absolute Gasteiger partial charge is 0.368 e. The van der Waals surface area contributed by atoms with Crippen LogP contribution >= 0.6 is 0 Å². The van der Waals surface area contributed by atoms with Gasteiger partial charge in [-0.2, -0.15) is 0 Å². The average Bonchev–Trinajstić information content (AvgIpc) is 3.20. The molecule has 1 aliphatic rings. The van der Waals surface area contributed by atoms with Gasteiger partial charge in [0, 0.05) is 18.4 Å². The number of carbonyl (C=O) groups is 4. The molecule has 5 N–H and O–H groups in total. The standard InChI is InChI=1S/C28H28N4O6S/c29-26(34)22(15-19-11-13-20(14-12-19)24-17-25(33)32-39(24,37)38)30-28(36)23(16-18-7-3-1-4-8-18)31-27(35)21-9-5-2-6-10-21/h1-14,22-24H,15-17H2,(H2,29,34)(H,30,36)(H,31,35)(H,32,33)/t22-,23-,24?/m0/s1. The van der Waals surface area contributed by atoms with Crippen LogP contribution in [-0.4, -0.2) is 44.1 Å². The van der Waals surface area contributed by atoms with Crippen molar-refractivity contribution < 1.29 is 27.6 Å². The fraction of sp³-hybridized carbons (Fsp3) is 0.214. The maximum Gasteiger partial charge on any atom is 0.251 e. The Bertz CT molecular complexity index is 1460. The van der Waals surface area contributed by atoms with Crippen molar-refractivity contribution in [3.05, 3.63) is 107 Å². The predicted molar refractivity (Wildman–Crippen MR) is 144 cm³/mol. The first-order valence-corrected chi connectivity index (χ1v) is 13.8. The second-order valence-corrected chi connectivity index (χ2v) is 11.1. The monoisotopic (exact) mass is 548 g/mol. The number of hydrogen-bond donors (Lipinski definition) is 4. The molecular formula is C28H28N4O6S. The van der Waals surface area contributed by atoms with E-state index >= 15 is 0 Å². The number of nitrogens with one attached hydrogen (secondary N) is 3. The van der Waals surface area contributed by atoms with Crippen LogP contribution in [0.5, 0.6) is 0 Å². The Morgan fingerprint density at radius 3 is 1.95 bits per heavy atom. The molecular weight excluding hydrogens is 520 g/mol. The minimum absolute atomic E-state index is 0.0423. The van der Waals surface area contributed by atoms with Crippen LogP contribution in [0.2, 0.25) is 0 Å². The number of carbonyl (C=O) groups excluding carboxylic acids is 4. The Kier molecular flexibility index (Phi) is 8.40. The lowest BCUT2D eigenvalue weighted by molar-refractivity contribution is -0.128. The molecule has 0 aromatic heterocycles. The van der Waals surface area contributed by atoms with Crippen molar-refractivity contribution in [1.82, 2.24) is 15.4 Å². The van der Waals surface area contributed by atoms with E-state index in [0.29, 0.717) is 16.7 Å². The van der Waals surface area contributed by atoms with E-state index in [9.17, 15) is 27.6 Å². The van der Waals surface area contributed by atoms with Crippen LogP contribution in [0.25, 0.3) is 0 Å². The van der Waals surface area contributed by atoms with Gasteiger partial charge in [-0.05, 0) is 28.8 Å². The van der Waals surface area contributed by atoms with Crippen molar-refractivity contribution in [2.45, 2.75) is 36.6 Å². The molecule has 1 saturated heterocycles. The van der Waals surface area contributed by atoms with E-state index in [-0.39, 0.29) is 19.3 Å². The lowest BCUT2D eigenvalue weighted by Gasteiger charge is -2.22. The fourth-order valence-corrected chi connectivity index (χ4v) is 5.77. The quantitative estimate of drug-likeness (QED) is 0.297. The summed E-state index contributed by atoms with van der Waals surface area (Å²) in [6, 6.07) is 21.9. The second kappa shape index (κ2) is 11.9. The van der Waals surface area contributed by atoms with Gasteiger partial charge in [0.1, 0.15) is 17.3 Å². The Labute approximate surface area is 226 Å². The van der Waals surface area contributed by atoms with Gasteiger partial charge in [0.2, 0.25) is 27.7 Å². The van der Waals surface area contributed by atoms with E-state index in [4.69, 9.17) is 5.73 Å². The summed E-state index contributed by atoms with van der Waals surface area (Å²) in [6.07, 6.45) is 0.0633. The molecule has 0 aliphatic carbocycles. The van der Waals surface area contributed by atoms with E-state index in [1.54, 1.807) is 54.6 Å². The van der Waals surface area contributed by atoms with E-state index < -0.39 is 51.0 Å². The molecule has 39 heavy (non-hydrogen) atoms. The highest BCUT2D eigenvalue weighted by atomic mass is 32.2. The maximum absolute atomic E-state index is 13.3. The molecule has 11 heteroatoms. The molecule has 4 amide bonds. The SMILES string of the molecule is NC(=O)[C@H](Cc1ccc(C2CC(=O)NS2(=O)=O)cc1)NC(=O)[C@H](Cc1ccccc1)NC(=O)c1ccccc1. The van der Waals surface area contributed by atoms with Crippen LogP contribution in [0, 0.1) is 0 Å². The van der Waals surface area contributed by atoms with Gasteiger partial charge in [-0.3, -0.25) is 23.9 Å². The van der Waals surface area contributed by atoms with Crippen molar-refractivity contribution in [2.75, 3.05) is 0 Å². The molecule has 0 radical (unpaired) electrons. The molecule has 0 spiro atoms. The fourth-order valence-electron chi connectivity index (χ4n) is 4.34. The first kappa shape index (κ1) is 27.5. The third-order valence-electron chi connectivity index (χ3n) is 6.39. The molecule has 0 bridgehead atoms. The molecule has 10 nitrogen and oxygen atoms in total. The first-order chi connectivity index (χ1) is 18.6. The van der Waals surface area contributed by atoms with Crippen LogP contribution < -0.4 is 21.1 Å². The molecule has 3 aromatic rings. The minimum Gasteiger partial charge on any atom is -0.368 e. The number of amides is 4. The number of nitrogens with two attached hydrogens (primary N) is 1. The molecule has 4 rings (SSSR count). The van der Waals surface area contributed by atoms with Gasteiger partial charge in [0.05, 0.1) is 6.42 Å². The van der Waals surface area contributed by atoms with Gasteiger partial charge in [-0.25, -0.2) is 8.42 Å². The van der Waals surface area contributed by atoms with Gasteiger partial charge < -0.3 is 16.4 Å². The number of primary amides is 1. The minimum atomic E-state index is -3.79.